The molecule has 0 spiro atoms. The highest BCUT2D eigenvalue weighted by molar-refractivity contribution is 6.03. The van der Waals surface area contributed by atoms with Crippen molar-refractivity contribution in [1.82, 2.24) is 10.3 Å². The zero-order chi connectivity index (χ0) is 13.4. The van der Waals surface area contributed by atoms with Crippen LogP contribution in [0.2, 0.25) is 0 Å². The van der Waals surface area contributed by atoms with E-state index in [0.29, 0.717) is 11.1 Å². The molecule has 7 heteroatoms. The summed E-state index contributed by atoms with van der Waals surface area (Å²) in [5.41, 5.74) is 0.758. The summed E-state index contributed by atoms with van der Waals surface area (Å²) in [6.45, 7) is 0. The number of carbonyl (C=O) groups excluding carboxylic acids is 1. The summed E-state index contributed by atoms with van der Waals surface area (Å²) in [5.74, 6) is -0.784. The third-order valence-corrected chi connectivity index (χ3v) is 2.78. The third kappa shape index (κ3) is 2.54. The molecule has 3 rings (SSSR count). The Labute approximate surface area is 107 Å². The van der Waals surface area contributed by atoms with E-state index in [1.165, 1.54) is 18.2 Å². The van der Waals surface area contributed by atoms with Crippen LogP contribution < -0.4 is 10.6 Å². The molecule has 6 nitrogen and oxygen atoms in total. The van der Waals surface area contributed by atoms with Crippen LogP contribution in [0.5, 0.6) is 0 Å². The van der Waals surface area contributed by atoms with E-state index in [9.17, 15) is 9.18 Å². The number of carbonyl (C=O) groups is 1. The van der Waals surface area contributed by atoms with Crippen LogP contribution in [0.4, 0.5) is 10.4 Å². The maximum atomic E-state index is 13.0. The van der Waals surface area contributed by atoms with Crippen LogP contribution in [0.3, 0.4) is 0 Å². The number of guanidine groups is 1. The number of halogens is 1. The Hall–Kier alpha value is -2.44. The first-order chi connectivity index (χ1) is 9.11. The van der Waals surface area contributed by atoms with Gasteiger partial charge in [0, 0.05) is 12.0 Å². The normalized spacial score (nSPS) is 14.4. The third-order valence-electron chi connectivity index (χ3n) is 2.78. The lowest BCUT2D eigenvalue weighted by molar-refractivity contribution is -0.120. The number of fused-ring (bicyclic) bond motifs is 1. The van der Waals surface area contributed by atoms with Gasteiger partial charge in [0.25, 0.3) is 0 Å². The lowest BCUT2D eigenvalue weighted by atomic mass is 10.3. The number of amides is 1. The molecule has 0 unspecified atom stereocenters. The van der Waals surface area contributed by atoms with Gasteiger partial charge in [0.05, 0.1) is 0 Å². The summed E-state index contributed by atoms with van der Waals surface area (Å²) < 4.78 is 18.2. The molecule has 1 amide bonds. The number of hydrogen-bond donors (Lipinski definition) is 3. The summed E-state index contributed by atoms with van der Waals surface area (Å²) in [6.07, 6.45) is 1.72. The molecular weight excluding hydrogens is 251 g/mol. The number of oxazole rings is 1. The Morgan fingerprint density at radius 1 is 1.47 bits per heavy atom. The number of anilines is 1. The van der Waals surface area contributed by atoms with Crippen LogP contribution >= 0.6 is 0 Å². The van der Waals surface area contributed by atoms with Crippen LogP contribution in [0.25, 0.3) is 11.1 Å². The second kappa shape index (κ2) is 4.34. The van der Waals surface area contributed by atoms with Gasteiger partial charge in [0.1, 0.15) is 11.3 Å². The zero-order valence-electron chi connectivity index (χ0n) is 9.87. The van der Waals surface area contributed by atoms with Gasteiger partial charge < -0.3 is 4.42 Å². The predicted octanol–water partition coefficient (Wildman–Crippen LogP) is 1.84. The fourth-order valence-corrected chi connectivity index (χ4v) is 1.66. The molecule has 1 fully saturated rings. The fraction of sp³-hybridized carbons (Fsp3) is 0.250. The van der Waals surface area contributed by atoms with E-state index in [4.69, 9.17) is 9.83 Å². The summed E-state index contributed by atoms with van der Waals surface area (Å²) in [7, 11) is 0. The average Bonchev–Trinajstić information content (AvgIpc) is 3.11. The van der Waals surface area contributed by atoms with E-state index in [-0.39, 0.29) is 23.8 Å². The number of nitrogens with zero attached hydrogens (tertiary/aromatic N) is 1. The second-order valence-corrected chi connectivity index (χ2v) is 4.39. The first kappa shape index (κ1) is 11.6. The monoisotopic (exact) mass is 262 g/mol. The molecule has 0 radical (unpaired) electrons. The zero-order valence-corrected chi connectivity index (χ0v) is 9.87. The highest BCUT2D eigenvalue weighted by atomic mass is 19.1. The van der Waals surface area contributed by atoms with E-state index >= 15 is 0 Å². The van der Waals surface area contributed by atoms with Crippen molar-refractivity contribution in [3.8, 4) is 0 Å². The smallest absolute Gasteiger partial charge is 0.302 e. The van der Waals surface area contributed by atoms with E-state index in [0.717, 1.165) is 12.8 Å². The molecule has 0 atom stereocenters. The molecule has 0 aliphatic heterocycles. The summed E-state index contributed by atoms with van der Waals surface area (Å²) in [4.78, 5) is 15.4. The Morgan fingerprint density at radius 3 is 3.00 bits per heavy atom. The fourth-order valence-electron chi connectivity index (χ4n) is 1.66. The van der Waals surface area contributed by atoms with E-state index in [2.05, 4.69) is 15.6 Å². The molecule has 1 saturated carbocycles. The van der Waals surface area contributed by atoms with Crippen molar-refractivity contribution in [2.24, 2.45) is 5.92 Å². The first-order valence-corrected chi connectivity index (χ1v) is 5.84. The van der Waals surface area contributed by atoms with Crippen LogP contribution in [-0.2, 0) is 4.79 Å². The molecule has 1 aromatic heterocycles. The summed E-state index contributed by atoms with van der Waals surface area (Å²) >= 11 is 0. The molecule has 98 valence electrons. The summed E-state index contributed by atoms with van der Waals surface area (Å²) in [5, 5.41) is 12.5. The second-order valence-electron chi connectivity index (χ2n) is 4.39. The van der Waals surface area contributed by atoms with Crippen LogP contribution in [0.1, 0.15) is 12.8 Å². The van der Waals surface area contributed by atoms with Gasteiger partial charge in [0.15, 0.2) is 5.58 Å². The molecular formula is C12H11FN4O2. The molecule has 0 saturated heterocycles. The molecule has 1 aliphatic carbocycles. The van der Waals surface area contributed by atoms with Gasteiger partial charge >= 0.3 is 6.01 Å². The number of nitrogens with one attached hydrogen (secondary N) is 3. The molecule has 19 heavy (non-hydrogen) atoms. The highest BCUT2D eigenvalue weighted by Crippen LogP contribution is 2.28. The van der Waals surface area contributed by atoms with Gasteiger partial charge in [-0.1, -0.05) is 0 Å². The standard InChI is InChI=1S/C12H11FN4O2/c13-7-3-4-9-8(5-7)15-12(19-9)17-11(14)16-10(18)6-1-2-6/h3-6H,1-2H2,(H3,14,15,16,17,18). The molecule has 2 aromatic rings. The average molecular weight is 262 g/mol. The topological polar surface area (TPSA) is 91.0 Å². The minimum atomic E-state index is -0.413. The maximum Gasteiger partial charge on any atom is 0.302 e. The highest BCUT2D eigenvalue weighted by Gasteiger charge is 2.30. The van der Waals surface area contributed by atoms with E-state index < -0.39 is 5.82 Å². The van der Waals surface area contributed by atoms with Crippen LogP contribution in [0, 0.1) is 17.1 Å². The minimum absolute atomic E-state index is 0.0138. The minimum Gasteiger partial charge on any atom is -0.423 e. The van der Waals surface area contributed by atoms with Crippen LogP contribution in [0.15, 0.2) is 22.6 Å². The maximum absolute atomic E-state index is 13.0. The van der Waals surface area contributed by atoms with Gasteiger partial charge in [-0.15, -0.1) is 0 Å². The first-order valence-electron chi connectivity index (χ1n) is 5.84. The Morgan fingerprint density at radius 2 is 2.26 bits per heavy atom. The van der Waals surface area contributed by atoms with Crippen molar-refractivity contribution in [3.63, 3.8) is 0 Å². The lowest BCUT2D eigenvalue weighted by Crippen LogP contribution is -2.36. The predicted molar refractivity (Wildman–Crippen MR) is 66.2 cm³/mol. The number of rotatable bonds is 2. The van der Waals surface area contributed by atoms with Gasteiger partial charge in [-0.3, -0.25) is 20.8 Å². The number of benzene rings is 1. The van der Waals surface area contributed by atoms with E-state index in [1.807, 2.05) is 0 Å². The molecule has 1 aliphatic rings. The summed E-state index contributed by atoms with van der Waals surface area (Å²) in [6, 6.07) is 3.99. The van der Waals surface area contributed by atoms with Gasteiger partial charge in [-0.2, -0.15) is 4.98 Å². The number of aromatic nitrogens is 1. The van der Waals surface area contributed by atoms with Gasteiger partial charge in [-0.25, -0.2) is 4.39 Å². The molecule has 3 N–H and O–H groups in total. The van der Waals surface area contributed by atoms with Crippen molar-refractivity contribution in [2.75, 3.05) is 5.32 Å². The SMILES string of the molecule is N=C(NC(=O)C1CC1)Nc1nc2cc(F)ccc2o1. The largest absolute Gasteiger partial charge is 0.423 e. The Bertz CT molecular complexity index is 663. The van der Waals surface area contributed by atoms with Crippen LogP contribution in [-0.4, -0.2) is 16.9 Å². The molecule has 0 bridgehead atoms. The Kier molecular flexibility index (Phi) is 2.66. The van der Waals surface area contributed by atoms with Gasteiger partial charge in [-0.05, 0) is 25.0 Å². The van der Waals surface area contributed by atoms with Crippen molar-refractivity contribution in [1.29, 1.82) is 5.41 Å². The van der Waals surface area contributed by atoms with E-state index in [1.54, 1.807) is 0 Å². The van der Waals surface area contributed by atoms with Crippen molar-refractivity contribution in [3.05, 3.63) is 24.0 Å². The van der Waals surface area contributed by atoms with Gasteiger partial charge in [0.2, 0.25) is 11.9 Å². The van der Waals surface area contributed by atoms with Crippen molar-refractivity contribution in [2.45, 2.75) is 12.8 Å². The van der Waals surface area contributed by atoms with Crippen molar-refractivity contribution >= 4 is 29.0 Å². The molecule has 1 heterocycles. The lowest BCUT2D eigenvalue weighted by Gasteiger charge is -2.04. The Balaban J connectivity index is 1.70. The number of hydrogen-bond acceptors (Lipinski definition) is 4. The molecule has 1 aromatic carbocycles. The quantitative estimate of drug-likeness (QED) is 0.569. The van der Waals surface area contributed by atoms with Crippen molar-refractivity contribution < 1.29 is 13.6 Å².